The van der Waals surface area contributed by atoms with Crippen LogP contribution in [0, 0.1) is 5.41 Å². The summed E-state index contributed by atoms with van der Waals surface area (Å²) in [5.74, 6) is -0.0389. The van der Waals surface area contributed by atoms with Crippen LogP contribution in [-0.2, 0) is 14.3 Å². The van der Waals surface area contributed by atoms with Gasteiger partial charge in [0, 0.05) is 16.7 Å². The van der Waals surface area contributed by atoms with Crippen molar-refractivity contribution >= 4 is 16.2 Å². The largest absolute Gasteiger partial charge is 0.465 e. The van der Waals surface area contributed by atoms with Crippen LogP contribution in [0.4, 0.5) is 0 Å². The van der Waals surface area contributed by atoms with E-state index in [-0.39, 0.29) is 23.6 Å². The van der Waals surface area contributed by atoms with Crippen LogP contribution in [0.3, 0.4) is 0 Å². The highest BCUT2D eigenvalue weighted by atomic mass is 28.1. The molecule has 3 radical (unpaired) electrons. The predicted octanol–water partition coefficient (Wildman–Crippen LogP) is 0.438. The van der Waals surface area contributed by atoms with E-state index in [1.165, 1.54) is 0 Å². The molecule has 3 saturated heterocycles. The van der Waals surface area contributed by atoms with Gasteiger partial charge in [0.25, 0.3) is 0 Å². The average molecular weight is 195 g/mol. The van der Waals surface area contributed by atoms with E-state index in [1.54, 1.807) is 0 Å². The Kier molecular flexibility index (Phi) is 1.45. The zero-order valence-electron chi connectivity index (χ0n) is 7.29. The number of fused-ring (bicyclic) bond motifs is 3. The van der Waals surface area contributed by atoms with Gasteiger partial charge < -0.3 is 9.47 Å². The van der Waals surface area contributed by atoms with Gasteiger partial charge in [0.2, 0.25) is 0 Å². The summed E-state index contributed by atoms with van der Waals surface area (Å²) < 4.78 is 10.8. The summed E-state index contributed by atoms with van der Waals surface area (Å²) in [6, 6.07) is 0. The standard InChI is InChI=1S/C9H11O3Si/c10-8-9(1-2-11-8)4-5-3-6(13)7(9)12-5/h5-7H,1-4H2. The molecule has 0 N–H and O–H groups in total. The van der Waals surface area contributed by atoms with E-state index in [1.807, 2.05) is 0 Å². The molecular weight excluding hydrogens is 184 g/mol. The Morgan fingerprint density at radius 1 is 1.54 bits per heavy atom. The molecule has 3 heterocycles. The zero-order chi connectivity index (χ0) is 9.05. The molecule has 2 bridgehead atoms. The number of hydrogen-bond acceptors (Lipinski definition) is 3. The Hall–Kier alpha value is -0.353. The maximum absolute atomic E-state index is 11.6. The molecule has 3 aliphatic heterocycles. The Morgan fingerprint density at radius 2 is 2.38 bits per heavy atom. The minimum atomic E-state index is -0.296. The highest BCUT2D eigenvalue weighted by Gasteiger charge is 2.62. The van der Waals surface area contributed by atoms with E-state index >= 15 is 0 Å². The van der Waals surface area contributed by atoms with Gasteiger partial charge in [-0.05, 0) is 18.4 Å². The molecule has 0 amide bonds. The predicted molar refractivity (Wildman–Crippen MR) is 45.4 cm³/mol. The molecule has 0 aromatic heterocycles. The van der Waals surface area contributed by atoms with Gasteiger partial charge in [0.1, 0.15) is 0 Å². The second-order valence-corrected chi connectivity index (χ2v) is 5.01. The number of rotatable bonds is 0. The lowest BCUT2D eigenvalue weighted by molar-refractivity contribution is -0.148. The van der Waals surface area contributed by atoms with Gasteiger partial charge in [0.15, 0.2) is 0 Å². The molecule has 3 nitrogen and oxygen atoms in total. The van der Waals surface area contributed by atoms with Gasteiger partial charge in [-0.15, -0.1) is 0 Å². The van der Waals surface area contributed by atoms with Gasteiger partial charge in [-0.2, -0.15) is 0 Å². The van der Waals surface area contributed by atoms with E-state index in [0.717, 1.165) is 19.3 Å². The molecule has 4 unspecified atom stereocenters. The molecule has 3 aliphatic rings. The van der Waals surface area contributed by atoms with E-state index in [0.29, 0.717) is 12.1 Å². The molecular formula is C9H11O3Si. The molecule has 3 fully saturated rings. The first-order valence-corrected chi connectivity index (χ1v) is 5.34. The summed E-state index contributed by atoms with van der Waals surface area (Å²) in [4.78, 5) is 11.6. The highest BCUT2D eigenvalue weighted by molar-refractivity contribution is 6.12. The quantitative estimate of drug-likeness (QED) is 0.415. The van der Waals surface area contributed by atoms with Gasteiger partial charge in [-0.25, -0.2) is 0 Å². The molecule has 1 spiro atoms. The number of hydrogen-bond donors (Lipinski definition) is 0. The molecule has 4 heteroatoms. The lowest BCUT2D eigenvalue weighted by Crippen LogP contribution is -2.39. The average Bonchev–Trinajstić information content (AvgIpc) is 2.69. The highest BCUT2D eigenvalue weighted by Crippen LogP contribution is 2.56. The monoisotopic (exact) mass is 195 g/mol. The first kappa shape index (κ1) is 8.00. The van der Waals surface area contributed by atoms with Crippen molar-refractivity contribution in [3.05, 3.63) is 0 Å². The van der Waals surface area contributed by atoms with E-state index in [2.05, 4.69) is 10.2 Å². The van der Waals surface area contributed by atoms with Crippen LogP contribution in [0.25, 0.3) is 0 Å². The van der Waals surface area contributed by atoms with E-state index < -0.39 is 0 Å². The van der Waals surface area contributed by atoms with E-state index in [4.69, 9.17) is 9.47 Å². The molecule has 0 aliphatic carbocycles. The zero-order valence-corrected chi connectivity index (χ0v) is 8.29. The van der Waals surface area contributed by atoms with Crippen molar-refractivity contribution < 1.29 is 14.3 Å². The van der Waals surface area contributed by atoms with Crippen molar-refractivity contribution in [2.45, 2.75) is 37.0 Å². The van der Waals surface area contributed by atoms with Crippen LogP contribution in [0.5, 0.6) is 0 Å². The summed E-state index contributed by atoms with van der Waals surface area (Å²) in [5, 5.41) is 0. The van der Waals surface area contributed by atoms with Gasteiger partial charge in [0.05, 0.1) is 24.2 Å². The lowest BCUT2D eigenvalue weighted by atomic mass is 9.73. The van der Waals surface area contributed by atoms with Crippen molar-refractivity contribution in [2.24, 2.45) is 5.41 Å². The third-order valence-corrected chi connectivity index (χ3v) is 4.08. The Morgan fingerprint density at radius 3 is 2.92 bits per heavy atom. The molecule has 3 rings (SSSR count). The molecule has 13 heavy (non-hydrogen) atoms. The summed E-state index contributed by atoms with van der Waals surface area (Å²) >= 11 is 0. The second kappa shape index (κ2) is 2.36. The fourth-order valence-electron chi connectivity index (χ4n) is 2.95. The first-order valence-electron chi connectivity index (χ1n) is 4.76. The van der Waals surface area contributed by atoms with Gasteiger partial charge in [-0.3, -0.25) is 4.79 Å². The minimum absolute atomic E-state index is 0.0389. The maximum Gasteiger partial charge on any atom is 0.314 e. The Bertz CT molecular complexity index is 268. The van der Waals surface area contributed by atoms with Crippen LogP contribution in [-0.4, -0.2) is 35.0 Å². The van der Waals surface area contributed by atoms with Crippen molar-refractivity contribution in [1.29, 1.82) is 0 Å². The normalized spacial score (nSPS) is 53.3. The van der Waals surface area contributed by atoms with Crippen LogP contribution < -0.4 is 0 Å². The molecule has 0 saturated carbocycles. The third-order valence-electron chi connectivity index (χ3n) is 3.55. The molecule has 4 atom stereocenters. The van der Waals surface area contributed by atoms with Crippen molar-refractivity contribution in [2.75, 3.05) is 6.61 Å². The Labute approximate surface area is 80.2 Å². The fraction of sp³-hybridized carbons (Fsp3) is 0.889. The SMILES string of the molecule is O=C1OCCC12CC1CC([Si])C2O1. The molecule has 69 valence electrons. The summed E-state index contributed by atoms with van der Waals surface area (Å²) in [5.41, 5.74) is 0.0411. The first-order chi connectivity index (χ1) is 6.22. The summed E-state index contributed by atoms with van der Waals surface area (Å²) in [6.07, 6.45) is 3.09. The minimum Gasteiger partial charge on any atom is -0.465 e. The smallest absolute Gasteiger partial charge is 0.314 e. The van der Waals surface area contributed by atoms with Crippen molar-refractivity contribution in [1.82, 2.24) is 0 Å². The summed E-state index contributed by atoms with van der Waals surface area (Å²) in [7, 11) is 3.63. The number of ether oxygens (including phenoxy) is 2. The van der Waals surface area contributed by atoms with Gasteiger partial charge in [-0.1, -0.05) is 0 Å². The number of carbonyl (C=O) groups excluding carboxylic acids is 1. The fourth-order valence-corrected chi connectivity index (χ4v) is 3.61. The van der Waals surface area contributed by atoms with Gasteiger partial charge >= 0.3 is 5.97 Å². The number of carbonyl (C=O) groups is 1. The van der Waals surface area contributed by atoms with Crippen LogP contribution in [0.2, 0.25) is 5.54 Å². The maximum atomic E-state index is 11.6. The van der Waals surface area contributed by atoms with Crippen molar-refractivity contribution in [3.8, 4) is 0 Å². The number of esters is 1. The topological polar surface area (TPSA) is 35.5 Å². The second-order valence-electron chi connectivity index (χ2n) is 4.27. The van der Waals surface area contributed by atoms with Crippen LogP contribution in [0.1, 0.15) is 19.3 Å². The molecule has 0 aromatic rings. The van der Waals surface area contributed by atoms with Crippen LogP contribution in [0.15, 0.2) is 0 Å². The summed E-state index contributed by atoms with van der Waals surface area (Å²) in [6.45, 7) is 0.574. The Balaban J connectivity index is 1.97. The van der Waals surface area contributed by atoms with E-state index in [9.17, 15) is 4.79 Å². The molecule has 0 aromatic carbocycles. The number of cyclic esters (lactones) is 1. The van der Waals surface area contributed by atoms with Crippen molar-refractivity contribution in [3.63, 3.8) is 0 Å². The van der Waals surface area contributed by atoms with Crippen LogP contribution >= 0.6 is 0 Å². The lowest BCUT2D eigenvalue weighted by Gasteiger charge is -2.30. The third kappa shape index (κ3) is 0.853.